The molecule has 0 aliphatic rings. The highest BCUT2D eigenvalue weighted by molar-refractivity contribution is 5.51. The van der Waals surface area contributed by atoms with Gasteiger partial charge in [-0.05, 0) is 24.6 Å². The Kier molecular flexibility index (Phi) is 6.04. The van der Waals surface area contributed by atoms with Crippen LogP contribution >= 0.6 is 0 Å². The summed E-state index contributed by atoms with van der Waals surface area (Å²) in [4.78, 5) is 1.61. The van der Waals surface area contributed by atoms with Crippen molar-refractivity contribution in [3.8, 4) is 0 Å². The minimum absolute atomic E-state index is 0.115. The Morgan fingerprint density at radius 1 is 1.24 bits per heavy atom. The molecule has 2 N–H and O–H groups in total. The third-order valence-electron chi connectivity index (χ3n) is 3.08. The molecular weight excluding hydrogens is 281 g/mol. The van der Waals surface area contributed by atoms with Crippen molar-refractivity contribution in [1.29, 1.82) is 0 Å². The first-order valence-corrected chi connectivity index (χ1v) is 6.94. The van der Waals surface area contributed by atoms with Crippen molar-refractivity contribution in [3.63, 3.8) is 0 Å². The fraction of sp³-hybridized carbons (Fsp3) is 0.600. The molecule has 6 heteroatoms. The quantitative estimate of drug-likeness (QED) is 0.848. The molecule has 1 rings (SSSR count). The summed E-state index contributed by atoms with van der Waals surface area (Å²) in [5.41, 5.74) is 0.0347. The van der Waals surface area contributed by atoms with Gasteiger partial charge in [0.25, 0.3) is 0 Å². The van der Waals surface area contributed by atoms with Gasteiger partial charge in [0, 0.05) is 31.9 Å². The fourth-order valence-electron chi connectivity index (χ4n) is 2.04. The van der Waals surface area contributed by atoms with Crippen LogP contribution in [0, 0.1) is 0 Å². The standard InChI is InChI=1S/C15H23F3N2O/c1-10(2)19-8-12-5-6-13(20(4)9-11(3)21)7-14(12)15(16,17)18/h5-7,10-11,19,21H,8-9H2,1-4H3. The van der Waals surface area contributed by atoms with Gasteiger partial charge in [-0.3, -0.25) is 0 Å². The van der Waals surface area contributed by atoms with Crippen LogP contribution in [0.3, 0.4) is 0 Å². The average Bonchev–Trinajstić information content (AvgIpc) is 2.34. The maximum absolute atomic E-state index is 13.2. The number of nitrogens with zero attached hydrogens (tertiary/aromatic N) is 1. The lowest BCUT2D eigenvalue weighted by molar-refractivity contribution is -0.138. The molecule has 0 aliphatic heterocycles. The van der Waals surface area contributed by atoms with Gasteiger partial charge >= 0.3 is 6.18 Å². The molecule has 0 radical (unpaired) electrons. The third-order valence-corrected chi connectivity index (χ3v) is 3.08. The zero-order chi connectivity index (χ0) is 16.2. The monoisotopic (exact) mass is 304 g/mol. The van der Waals surface area contributed by atoms with Gasteiger partial charge < -0.3 is 15.3 Å². The molecule has 0 spiro atoms. The van der Waals surface area contributed by atoms with E-state index in [4.69, 9.17) is 0 Å². The second-order valence-electron chi connectivity index (χ2n) is 5.60. The van der Waals surface area contributed by atoms with E-state index in [9.17, 15) is 18.3 Å². The number of nitrogens with one attached hydrogen (secondary N) is 1. The summed E-state index contributed by atoms with van der Waals surface area (Å²) in [7, 11) is 1.66. The number of alkyl halides is 3. The van der Waals surface area contributed by atoms with E-state index < -0.39 is 17.8 Å². The van der Waals surface area contributed by atoms with Crippen LogP contribution in [0.1, 0.15) is 31.9 Å². The molecule has 0 fully saturated rings. The Morgan fingerprint density at radius 3 is 2.33 bits per heavy atom. The zero-order valence-electron chi connectivity index (χ0n) is 12.8. The minimum atomic E-state index is -4.39. The molecule has 1 unspecified atom stereocenters. The predicted molar refractivity (Wildman–Crippen MR) is 78.4 cm³/mol. The van der Waals surface area contributed by atoms with Crippen LogP contribution in [0.25, 0.3) is 0 Å². The summed E-state index contributed by atoms with van der Waals surface area (Å²) in [6.07, 6.45) is -5.00. The zero-order valence-corrected chi connectivity index (χ0v) is 12.8. The molecule has 0 amide bonds. The average molecular weight is 304 g/mol. The molecule has 1 aromatic rings. The van der Waals surface area contributed by atoms with E-state index in [0.717, 1.165) is 6.07 Å². The Hall–Kier alpha value is -1.27. The summed E-state index contributed by atoms with van der Waals surface area (Å²) >= 11 is 0. The van der Waals surface area contributed by atoms with Crippen molar-refractivity contribution in [2.45, 2.75) is 45.6 Å². The molecule has 0 saturated heterocycles. The lowest BCUT2D eigenvalue weighted by Gasteiger charge is -2.23. The van der Waals surface area contributed by atoms with Crippen LogP contribution < -0.4 is 10.2 Å². The lowest BCUT2D eigenvalue weighted by atomic mass is 10.0. The Bertz CT molecular complexity index is 459. The normalized spacial score (nSPS) is 13.6. The molecule has 1 aromatic carbocycles. The highest BCUT2D eigenvalue weighted by Gasteiger charge is 2.33. The van der Waals surface area contributed by atoms with E-state index in [2.05, 4.69) is 5.32 Å². The molecule has 0 saturated carbocycles. The Balaban J connectivity index is 3.07. The van der Waals surface area contributed by atoms with E-state index in [1.807, 2.05) is 13.8 Å². The summed E-state index contributed by atoms with van der Waals surface area (Å²) in [5.74, 6) is 0. The second-order valence-corrected chi connectivity index (χ2v) is 5.60. The van der Waals surface area contributed by atoms with Crippen LogP contribution in [0.5, 0.6) is 0 Å². The van der Waals surface area contributed by atoms with Crippen molar-refractivity contribution in [1.82, 2.24) is 5.32 Å². The number of aliphatic hydroxyl groups is 1. The number of halogens is 3. The molecule has 21 heavy (non-hydrogen) atoms. The first kappa shape index (κ1) is 17.8. The molecule has 3 nitrogen and oxygen atoms in total. The molecule has 0 aliphatic carbocycles. The number of aliphatic hydroxyl groups excluding tert-OH is 1. The number of rotatable bonds is 6. The highest BCUT2D eigenvalue weighted by Crippen LogP contribution is 2.34. The molecule has 1 atom stereocenters. The van der Waals surface area contributed by atoms with E-state index in [1.165, 1.54) is 6.07 Å². The first-order chi connectivity index (χ1) is 9.61. The topological polar surface area (TPSA) is 35.5 Å². The molecule has 120 valence electrons. The van der Waals surface area contributed by atoms with Gasteiger partial charge in [0.05, 0.1) is 11.7 Å². The Morgan fingerprint density at radius 2 is 1.86 bits per heavy atom. The highest BCUT2D eigenvalue weighted by atomic mass is 19.4. The van der Waals surface area contributed by atoms with Gasteiger partial charge in [-0.2, -0.15) is 13.2 Å². The molecular formula is C15H23F3N2O. The summed E-state index contributed by atoms with van der Waals surface area (Å²) < 4.78 is 39.5. The van der Waals surface area contributed by atoms with E-state index in [1.54, 1.807) is 24.9 Å². The van der Waals surface area contributed by atoms with Gasteiger partial charge in [0.2, 0.25) is 0 Å². The Labute approximate surface area is 123 Å². The summed E-state index contributed by atoms with van der Waals surface area (Å²) in [6, 6.07) is 4.39. The summed E-state index contributed by atoms with van der Waals surface area (Å²) in [6.45, 7) is 5.83. The van der Waals surface area contributed by atoms with Gasteiger partial charge in [-0.25, -0.2) is 0 Å². The lowest BCUT2D eigenvalue weighted by Crippen LogP contribution is -2.28. The first-order valence-electron chi connectivity index (χ1n) is 6.94. The van der Waals surface area contributed by atoms with E-state index >= 15 is 0 Å². The maximum atomic E-state index is 13.2. The fourth-order valence-corrected chi connectivity index (χ4v) is 2.04. The maximum Gasteiger partial charge on any atom is 0.416 e. The number of hydrogen-bond donors (Lipinski definition) is 2. The predicted octanol–water partition coefficient (Wildman–Crippen LogP) is 3.02. The number of anilines is 1. The number of likely N-dealkylation sites (N-methyl/N-ethyl adjacent to an activating group) is 1. The van der Waals surface area contributed by atoms with Gasteiger partial charge in [-0.15, -0.1) is 0 Å². The smallest absolute Gasteiger partial charge is 0.392 e. The third kappa shape index (κ3) is 5.55. The number of benzene rings is 1. The van der Waals surface area contributed by atoms with Crippen LogP contribution in [-0.2, 0) is 12.7 Å². The van der Waals surface area contributed by atoms with Crippen LogP contribution in [-0.4, -0.2) is 30.8 Å². The van der Waals surface area contributed by atoms with E-state index in [-0.39, 0.29) is 24.7 Å². The van der Waals surface area contributed by atoms with Crippen molar-refractivity contribution in [2.24, 2.45) is 0 Å². The van der Waals surface area contributed by atoms with Crippen molar-refractivity contribution >= 4 is 5.69 Å². The van der Waals surface area contributed by atoms with Gasteiger partial charge in [0.15, 0.2) is 0 Å². The van der Waals surface area contributed by atoms with Crippen LogP contribution in [0.2, 0.25) is 0 Å². The van der Waals surface area contributed by atoms with Gasteiger partial charge in [-0.1, -0.05) is 19.9 Å². The number of hydrogen-bond acceptors (Lipinski definition) is 3. The van der Waals surface area contributed by atoms with Crippen molar-refractivity contribution in [3.05, 3.63) is 29.3 Å². The molecule has 0 aromatic heterocycles. The SMILES string of the molecule is CC(O)CN(C)c1ccc(CNC(C)C)c(C(F)(F)F)c1. The second kappa shape index (κ2) is 7.13. The van der Waals surface area contributed by atoms with Crippen molar-refractivity contribution < 1.29 is 18.3 Å². The van der Waals surface area contributed by atoms with Crippen LogP contribution in [0.15, 0.2) is 18.2 Å². The minimum Gasteiger partial charge on any atom is -0.392 e. The molecule has 0 heterocycles. The van der Waals surface area contributed by atoms with Crippen molar-refractivity contribution in [2.75, 3.05) is 18.5 Å². The van der Waals surface area contributed by atoms with Gasteiger partial charge in [0.1, 0.15) is 0 Å². The van der Waals surface area contributed by atoms with Crippen LogP contribution in [0.4, 0.5) is 18.9 Å². The molecule has 0 bridgehead atoms. The summed E-state index contributed by atoms with van der Waals surface area (Å²) in [5, 5.41) is 12.3. The largest absolute Gasteiger partial charge is 0.416 e. The van der Waals surface area contributed by atoms with E-state index in [0.29, 0.717) is 5.69 Å².